The van der Waals surface area contributed by atoms with Gasteiger partial charge in [0.1, 0.15) is 5.82 Å². The maximum Gasteiger partial charge on any atom is 0.244 e. The van der Waals surface area contributed by atoms with Crippen LogP contribution in [0.15, 0.2) is 22.7 Å². The minimum Gasteiger partial charge on any atom is -0.293 e. The molecule has 0 saturated heterocycles. The van der Waals surface area contributed by atoms with Gasteiger partial charge in [-0.25, -0.2) is 10.2 Å². The molecule has 1 saturated carbocycles. The molecule has 2 rings (SSSR count). The lowest BCUT2D eigenvalue weighted by Gasteiger charge is -2.27. The fraction of sp³-hybridized carbons (Fsp3) is 0.417. The third-order valence-electron chi connectivity index (χ3n) is 3.47. The van der Waals surface area contributed by atoms with Crippen molar-refractivity contribution >= 4 is 21.8 Å². The molecule has 0 radical (unpaired) electrons. The standard InChI is InChI=1S/C12H14BrFN2O/c13-8-3-4-10(14)9(7-8)12(11(17)16-15)5-1-2-6-12/h3-4,7H,1-2,5-6,15H2,(H,16,17). The first-order valence-electron chi connectivity index (χ1n) is 5.57. The first-order chi connectivity index (χ1) is 8.10. The predicted molar refractivity (Wildman–Crippen MR) is 66.6 cm³/mol. The van der Waals surface area contributed by atoms with Crippen molar-refractivity contribution in [2.75, 3.05) is 0 Å². The lowest BCUT2D eigenvalue weighted by molar-refractivity contribution is -0.126. The molecule has 92 valence electrons. The van der Waals surface area contributed by atoms with Crippen molar-refractivity contribution in [1.29, 1.82) is 0 Å². The molecule has 1 aliphatic carbocycles. The summed E-state index contributed by atoms with van der Waals surface area (Å²) in [4.78, 5) is 12.0. The van der Waals surface area contributed by atoms with E-state index < -0.39 is 5.41 Å². The van der Waals surface area contributed by atoms with Gasteiger partial charge in [-0.3, -0.25) is 10.2 Å². The van der Waals surface area contributed by atoms with E-state index in [1.165, 1.54) is 6.07 Å². The molecule has 3 N–H and O–H groups in total. The number of nitrogens with one attached hydrogen (secondary N) is 1. The van der Waals surface area contributed by atoms with Crippen LogP contribution in [-0.2, 0) is 10.2 Å². The largest absolute Gasteiger partial charge is 0.293 e. The van der Waals surface area contributed by atoms with E-state index in [2.05, 4.69) is 21.4 Å². The molecule has 0 bridgehead atoms. The average Bonchev–Trinajstić information content (AvgIpc) is 2.81. The number of amides is 1. The van der Waals surface area contributed by atoms with Gasteiger partial charge in [0.05, 0.1) is 5.41 Å². The van der Waals surface area contributed by atoms with E-state index in [1.807, 2.05) is 0 Å². The summed E-state index contributed by atoms with van der Waals surface area (Å²) in [5.74, 6) is 4.58. The Morgan fingerprint density at radius 2 is 2.06 bits per heavy atom. The van der Waals surface area contributed by atoms with Gasteiger partial charge in [0.25, 0.3) is 0 Å². The first kappa shape index (κ1) is 12.5. The summed E-state index contributed by atoms with van der Waals surface area (Å²) in [6, 6.07) is 4.68. The SMILES string of the molecule is NNC(=O)C1(c2cc(Br)ccc2F)CCCC1. The van der Waals surface area contributed by atoms with E-state index >= 15 is 0 Å². The van der Waals surface area contributed by atoms with E-state index in [0.717, 1.165) is 17.3 Å². The van der Waals surface area contributed by atoms with Crippen LogP contribution in [0.2, 0.25) is 0 Å². The Morgan fingerprint density at radius 3 is 2.65 bits per heavy atom. The second-order valence-electron chi connectivity index (χ2n) is 4.39. The Hall–Kier alpha value is -0.940. The van der Waals surface area contributed by atoms with Crippen molar-refractivity contribution in [2.45, 2.75) is 31.1 Å². The predicted octanol–water partition coefficient (Wildman–Crippen LogP) is 2.39. The zero-order chi connectivity index (χ0) is 12.5. The zero-order valence-corrected chi connectivity index (χ0v) is 10.9. The van der Waals surface area contributed by atoms with E-state index in [4.69, 9.17) is 5.84 Å². The van der Waals surface area contributed by atoms with Crippen LogP contribution in [-0.4, -0.2) is 5.91 Å². The van der Waals surface area contributed by atoms with Crippen LogP contribution in [0.4, 0.5) is 4.39 Å². The van der Waals surface area contributed by atoms with Gasteiger partial charge in [-0.1, -0.05) is 28.8 Å². The van der Waals surface area contributed by atoms with Crippen LogP contribution in [0.3, 0.4) is 0 Å². The van der Waals surface area contributed by atoms with Gasteiger partial charge in [0, 0.05) is 10.0 Å². The average molecular weight is 301 g/mol. The van der Waals surface area contributed by atoms with Crippen LogP contribution < -0.4 is 11.3 Å². The molecule has 5 heteroatoms. The lowest BCUT2D eigenvalue weighted by atomic mass is 9.78. The Balaban J connectivity index is 2.53. The van der Waals surface area contributed by atoms with Gasteiger partial charge in [-0.2, -0.15) is 0 Å². The normalized spacial score (nSPS) is 18.1. The lowest BCUT2D eigenvalue weighted by Crippen LogP contribution is -2.46. The fourth-order valence-electron chi connectivity index (χ4n) is 2.60. The molecule has 0 aromatic heterocycles. The number of hydrazine groups is 1. The third kappa shape index (κ3) is 2.09. The number of hydrogen-bond donors (Lipinski definition) is 2. The highest BCUT2D eigenvalue weighted by Crippen LogP contribution is 2.42. The number of nitrogens with two attached hydrogens (primary N) is 1. The summed E-state index contributed by atoms with van der Waals surface area (Å²) in [7, 11) is 0. The second kappa shape index (κ2) is 4.74. The van der Waals surface area contributed by atoms with E-state index in [0.29, 0.717) is 18.4 Å². The van der Waals surface area contributed by atoms with Crippen LogP contribution in [0.1, 0.15) is 31.2 Å². The molecule has 1 amide bonds. The number of benzene rings is 1. The monoisotopic (exact) mass is 300 g/mol. The number of hydrogen-bond acceptors (Lipinski definition) is 2. The zero-order valence-electron chi connectivity index (χ0n) is 9.30. The highest BCUT2D eigenvalue weighted by Gasteiger charge is 2.44. The van der Waals surface area contributed by atoms with Crippen LogP contribution in [0.5, 0.6) is 0 Å². The Labute approximate surface area is 108 Å². The van der Waals surface area contributed by atoms with Crippen molar-refractivity contribution in [3.05, 3.63) is 34.1 Å². The van der Waals surface area contributed by atoms with Gasteiger partial charge >= 0.3 is 0 Å². The summed E-state index contributed by atoms with van der Waals surface area (Å²) in [6.45, 7) is 0. The Morgan fingerprint density at radius 1 is 1.41 bits per heavy atom. The molecule has 17 heavy (non-hydrogen) atoms. The van der Waals surface area contributed by atoms with E-state index in [-0.39, 0.29) is 11.7 Å². The number of halogens is 2. The summed E-state index contributed by atoms with van der Waals surface area (Å²) >= 11 is 3.31. The second-order valence-corrected chi connectivity index (χ2v) is 5.30. The van der Waals surface area contributed by atoms with Gasteiger partial charge in [-0.05, 0) is 31.0 Å². The van der Waals surface area contributed by atoms with Crippen molar-refractivity contribution in [2.24, 2.45) is 5.84 Å². The molecule has 0 unspecified atom stereocenters. The smallest absolute Gasteiger partial charge is 0.244 e. The molecule has 0 aliphatic heterocycles. The minimum absolute atomic E-state index is 0.299. The quantitative estimate of drug-likeness (QED) is 0.500. The maximum atomic E-state index is 13.9. The van der Waals surface area contributed by atoms with Crippen molar-refractivity contribution in [3.63, 3.8) is 0 Å². The summed E-state index contributed by atoms with van der Waals surface area (Å²) < 4.78 is 14.7. The molecule has 0 spiro atoms. The van der Waals surface area contributed by atoms with Gasteiger partial charge in [0.15, 0.2) is 0 Å². The molecule has 1 aliphatic rings. The van der Waals surface area contributed by atoms with Gasteiger partial charge < -0.3 is 0 Å². The summed E-state index contributed by atoms with van der Waals surface area (Å²) in [5.41, 5.74) is 1.81. The minimum atomic E-state index is -0.803. The highest BCUT2D eigenvalue weighted by molar-refractivity contribution is 9.10. The molecule has 0 heterocycles. The highest BCUT2D eigenvalue weighted by atomic mass is 79.9. The first-order valence-corrected chi connectivity index (χ1v) is 6.36. The molecule has 0 atom stereocenters. The van der Waals surface area contributed by atoms with Crippen LogP contribution in [0, 0.1) is 5.82 Å². The molecule has 3 nitrogen and oxygen atoms in total. The van der Waals surface area contributed by atoms with Crippen LogP contribution in [0.25, 0.3) is 0 Å². The third-order valence-corrected chi connectivity index (χ3v) is 3.96. The van der Waals surface area contributed by atoms with Crippen molar-refractivity contribution < 1.29 is 9.18 Å². The van der Waals surface area contributed by atoms with E-state index in [9.17, 15) is 9.18 Å². The van der Waals surface area contributed by atoms with Gasteiger partial charge in [0.2, 0.25) is 5.91 Å². The summed E-state index contributed by atoms with van der Waals surface area (Å²) in [6.07, 6.45) is 3.12. The topological polar surface area (TPSA) is 55.1 Å². The molecule has 1 fully saturated rings. The van der Waals surface area contributed by atoms with E-state index in [1.54, 1.807) is 12.1 Å². The van der Waals surface area contributed by atoms with Crippen LogP contribution >= 0.6 is 15.9 Å². The molecule has 1 aromatic carbocycles. The molecular weight excluding hydrogens is 287 g/mol. The molecule has 1 aromatic rings. The Bertz CT molecular complexity index is 444. The maximum absolute atomic E-state index is 13.9. The Kier molecular flexibility index (Phi) is 3.49. The number of carbonyl (C=O) groups is 1. The van der Waals surface area contributed by atoms with Gasteiger partial charge in [-0.15, -0.1) is 0 Å². The number of rotatable bonds is 2. The number of carbonyl (C=O) groups excluding carboxylic acids is 1. The fourth-order valence-corrected chi connectivity index (χ4v) is 2.96. The summed E-state index contributed by atoms with van der Waals surface area (Å²) in [5, 5.41) is 0. The molecular formula is C12H14BrFN2O. The van der Waals surface area contributed by atoms with Crippen molar-refractivity contribution in [3.8, 4) is 0 Å². The van der Waals surface area contributed by atoms with Crippen molar-refractivity contribution in [1.82, 2.24) is 5.43 Å².